The van der Waals surface area contributed by atoms with Gasteiger partial charge in [0.15, 0.2) is 5.58 Å². The molecule has 0 radical (unpaired) electrons. The largest absolute Gasteiger partial charge is 0.456 e. The first kappa shape index (κ1) is 39.6. The van der Waals surface area contributed by atoms with Crippen LogP contribution >= 0.6 is 0 Å². The van der Waals surface area contributed by atoms with Gasteiger partial charge in [0.1, 0.15) is 16.7 Å². The van der Waals surface area contributed by atoms with Gasteiger partial charge in [-0.05, 0) is 134 Å². The minimum Gasteiger partial charge on any atom is -0.456 e. The van der Waals surface area contributed by atoms with E-state index in [9.17, 15) is 0 Å². The molecule has 11 aromatic carbocycles. The van der Waals surface area contributed by atoms with Gasteiger partial charge in [0.2, 0.25) is 0 Å². The van der Waals surface area contributed by atoms with Gasteiger partial charge in [0.25, 0.3) is 0 Å². The Labute approximate surface area is 410 Å². The molecule has 4 heteroatoms. The lowest BCUT2D eigenvalue weighted by atomic mass is 9.70. The van der Waals surface area contributed by atoms with Crippen molar-refractivity contribution in [3.05, 3.63) is 277 Å². The van der Waals surface area contributed by atoms with Crippen LogP contribution in [0.1, 0.15) is 22.3 Å². The van der Waals surface area contributed by atoms with Gasteiger partial charge in [-0.25, -0.2) is 0 Å². The number of nitrogens with zero attached hydrogens (tertiary/aromatic N) is 2. The molecule has 1 unspecified atom stereocenters. The second-order valence-electron chi connectivity index (χ2n) is 18.7. The maximum absolute atomic E-state index is 6.91. The fourth-order valence-electron chi connectivity index (χ4n) is 12.1. The van der Waals surface area contributed by atoms with Gasteiger partial charge in [0.05, 0.1) is 11.1 Å². The summed E-state index contributed by atoms with van der Waals surface area (Å²) in [6, 6.07) is 92.1. The van der Waals surface area contributed by atoms with Crippen molar-refractivity contribution in [2.45, 2.75) is 5.41 Å². The highest BCUT2D eigenvalue weighted by molar-refractivity contribution is 6.16. The van der Waals surface area contributed by atoms with E-state index in [4.69, 9.17) is 8.83 Å². The normalized spacial score (nSPS) is 14.3. The van der Waals surface area contributed by atoms with Crippen molar-refractivity contribution in [3.63, 3.8) is 0 Å². The van der Waals surface area contributed by atoms with Crippen LogP contribution in [0.25, 0.3) is 77.3 Å². The highest BCUT2D eigenvalue weighted by Crippen LogP contribution is 2.65. The number of benzene rings is 11. The number of fused-ring (bicyclic) bond motifs is 17. The van der Waals surface area contributed by atoms with Crippen molar-refractivity contribution in [1.82, 2.24) is 0 Å². The van der Waals surface area contributed by atoms with E-state index in [0.29, 0.717) is 0 Å². The zero-order valence-corrected chi connectivity index (χ0v) is 38.5. The highest BCUT2D eigenvalue weighted by atomic mass is 16.3. The van der Waals surface area contributed by atoms with Gasteiger partial charge in [0, 0.05) is 50.0 Å². The van der Waals surface area contributed by atoms with Crippen LogP contribution in [-0.2, 0) is 5.41 Å². The average Bonchev–Trinajstić information content (AvgIpc) is 4.18. The molecule has 1 spiro atoms. The molecule has 2 aliphatic rings. The quantitative estimate of drug-likeness (QED) is 0.160. The molecule has 332 valence electrons. The number of hydrogen-bond acceptors (Lipinski definition) is 4. The lowest BCUT2D eigenvalue weighted by Gasteiger charge is -2.32. The minimum atomic E-state index is -0.602. The summed E-state index contributed by atoms with van der Waals surface area (Å²) in [5.74, 6) is 0. The smallest absolute Gasteiger partial charge is 0.159 e. The third kappa shape index (κ3) is 5.73. The lowest BCUT2D eigenvalue weighted by Crippen LogP contribution is -2.26. The third-order valence-corrected chi connectivity index (χ3v) is 15.1. The van der Waals surface area contributed by atoms with Crippen LogP contribution in [0, 0.1) is 0 Å². The van der Waals surface area contributed by atoms with E-state index in [2.05, 4.69) is 259 Å². The molecule has 4 nitrogen and oxygen atoms in total. The molecule has 71 heavy (non-hydrogen) atoms. The molecular weight excluding hydrogens is 865 g/mol. The van der Waals surface area contributed by atoms with E-state index in [1.807, 2.05) is 6.07 Å². The van der Waals surface area contributed by atoms with E-state index >= 15 is 0 Å². The Morgan fingerprint density at radius 2 is 0.845 bits per heavy atom. The third-order valence-electron chi connectivity index (χ3n) is 15.1. The second-order valence-corrected chi connectivity index (χ2v) is 18.7. The number of hydrogen-bond donors (Lipinski definition) is 0. The molecule has 2 aliphatic carbocycles. The van der Waals surface area contributed by atoms with Gasteiger partial charge in [-0.1, -0.05) is 176 Å². The molecule has 0 saturated carbocycles. The van der Waals surface area contributed by atoms with Crippen LogP contribution in [-0.4, -0.2) is 0 Å². The summed E-state index contributed by atoms with van der Waals surface area (Å²) in [7, 11) is 0. The van der Waals surface area contributed by atoms with Crippen molar-refractivity contribution in [1.29, 1.82) is 0 Å². The van der Waals surface area contributed by atoms with E-state index < -0.39 is 5.41 Å². The second kappa shape index (κ2) is 15.3. The molecule has 0 bridgehead atoms. The molecule has 2 aromatic heterocycles. The summed E-state index contributed by atoms with van der Waals surface area (Å²) in [5, 5.41) is 4.46. The molecule has 0 aliphatic heterocycles. The van der Waals surface area contributed by atoms with E-state index in [1.54, 1.807) is 0 Å². The molecule has 0 amide bonds. The molecule has 15 rings (SSSR count). The predicted octanol–water partition coefficient (Wildman–Crippen LogP) is 18.4. The summed E-state index contributed by atoms with van der Waals surface area (Å²) < 4.78 is 13.5. The Bertz CT molecular complexity index is 4250. The van der Waals surface area contributed by atoms with Crippen molar-refractivity contribution >= 4 is 78.0 Å². The molecule has 13 aromatic rings. The van der Waals surface area contributed by atoms with Crippen molar-refractivity contribution < 1.29 is 8.83 Å². The van der Waals surface area contributed by atoms with Crippen LogP contribution in [0.15, 0.2) is 264 Å². The first-order chi connectivity index (χ1) is 35.2. The monoisotopic (exact) mass is 906 g/mol. The van der Waals surface area contributed by atoms with Gasteiger partial charge >= 0.3 is 0 Å². The van der Waals surface area contributed by atoms with Crippen LogP contribution in [0.5, 0.6) is 0 Å². The maximum atomic E-state index is 6.91. The Morgan fingerprint density at radius 1 is 0.296 bits per heavy atom. The SMILES string of the molecule is c1ccc(-c2ccc(N(c3ccccc3)c3cccc(N(c4ccc5c(c4)C4(c6ccccc6-5)c5ccccc5-c5c4ccc4oc6ccccc6c54)c4cccc5c4oc4ccccc45)c3)cc2)cc1. The van der Waals surface area contributed by atoms with Crippen LogP contribution in [0.4, 0.5) is 34.1 Å². The molecule has 2 heterocycles. The Kier molecular flexibility index (Phi) is 8.54. The van der Waals surface area contributed by atoms with Crippen LogP contribution in [0.2, 0.25) is 0 Å². The first-order valence-corrected chi connectivity index (χ1v) is 24.3. The lowest BCUT2D eigenvalue weighted by molar-refractivity contribution is 0.668. The van der Waals surface area contributed by atoms with Crippen LogP contribution in [0.3, 0.4) is 0 Å². The minimum absolute atomic E-state index is 0.602. The number of rotatable bonds is 7. The Morgan fingerprint density at radius 3 is 1.65 bits per heavy atom. The predicted molar refractivity (Wildman–Crippen MR) is 292 cm³/mol. The van der Waals surface area contributed by atoms with Crippen molar-refractivity contribution in [2.24, 2.45) is 0 Å². The summed E-state index contributed by atoms with van der Waals surface area (Å²) in [6.07, 6.45) is 0. The number of furan rings is 2. The van der Waals surface area contributed by atoms with Gasteiger partial charge < -0.3 is 18.6 Å². The number of para-hydroxylation sites is 4. The van der Waals surface area contributed by atoms with E-state index in [-0.39, 0.29) is 0 Å². The summed E-state index contributed by atoms with van der Waals surface area (Å²) in [4.78, 5) is 4.75. The maximum Gasteiger partial charge on any atom is 0.159 e. The summed E-state index contributed by atoms with van der Waals surface area (Å²) in [5.41, 5.74) is 21.4. The summed E-state index contributed by atoms with van der Waals surface area (Å²) >= 11 is 0. The summed E-state index contributed by atoms with van der Waals surface area (Å²) in [6.45, 7) is 0. The Hall–Kier alpha value is -9.38. The van der Waals surface area contributed by atoms with Crippen molar-refractivity contribution in [3.8, 4) is 33.4 Å². The average molecular weight is 907 g/mol. The molecular formula is C67H42N2O2. The van der Waals surface area contributed by atoms with Gasteiger partial charge in [-0.2, -0.15) is 0 Å². The fraction of sp³-hybridized carbons (Fsp3) is 0.0149. The van der Waals surface area contributed by atoms with Gasteiger partial charge in [-0.15, -0.1) is 0 Å². The Balaban J connectivity index is 0.976. The van der Waals surface area contributed by atoms with Crippen molar-refractivity contribution in [2.75, 3.05) is 9.80 Å². The zero-order chi connectivity index (χ0) is 46.6. The molecule has 0 fully saturated rings. The van der Waals surface area contributed by atoms with Crippen LogP contribution < -0.4 is 9.80 Å². The van der Waals surface area contributed by atoms with E-state index in [0.717, 1.165) is 78.0 Å². The highest BCUT2D eigenvalue weighted by Gasteiger charge is 2.52. The fourth-order valence-corrected chi connectivity index (χ4v) is 12.1. The zero-order valence-electron chi connectivity index (χ0n) is 38.5. The first-order valence-electron chi connectivity index (χ1n) is 24.3. The molecule has 1 atom stereocenters. The molecule has 0 N–H and O–H groups in total. The molecule has 0 saturated heterocycles. The standard InChI is InChI=1S/C67H42N2O2/c1-3-17-43(18-4-1)44-33-35-46(36-34-44)68(45-19-5-2-6-20-45)47-21-15-22-48(41-47)69(60-30-16-27-53-52-24-9-13-31-61(52)71-66(53)60)49-37-38-51-50-23-7-11-28-56(50)67(59(51)42-49)57-29-12-8-25-54(57)64-58(67)39-40-63-65(64)55-26-10-14-32-62(55)70-63/h1-42H. The number of anilines is 6. The topological polar surface area (TPSA) is 32.8 Å². The van der Waals surface area contributed by atoms with E-state index in [1.165, 1.54) is 55.6 Å². The van der Waals surface area contributed by atoms with Gasteiger partial charge in [-0.3, -0.25) is 0 Å².